The fraction of sp³-hybridized carbons (Fsp3) is 0.565. The van der Waals surface area contributed by atoms with Crippen molar-refractivity contribution in [3.8, 4) is 5.88 Å². The van der Waals surface area contributed by atoms with E-state index in [0.29, 0.717) is 18.3 Å². The van der Waals surface area contributed by atoms with Crippen molar-refractivity contribution in [1.29, 1.82) is 0 Å². The highest BCUT2D eigenvalue weighted by Gasteiger charge is 2.48. The highest BCUT2D eigenvalue weighted by atomic mass is 19.1. The summed E-state index contributed by atoms with van der Waals surface area (Å²) in [5, 5.41) is 11.8. The average Bonchev–Trinajstić information content (AvgIpc) is 3.43. The summed E-state index contributed by atoms with van der Waals surface area (Å²) in [6, 6.07) is 6.95. The molecule has 1 amide bonds. The Hall–Kier alpha value is -2.97. The van der Waals surface area contributed by atoms with E-state index in [1.165, 1.54) is 23.9 Å². The molecule has 2 aromatic rings. The second kappa shape index (κ2) is 8.88. The Morgan fingerprint density at radius 3 is 2.69 bits per heavy atom. The van der Waals surface area contributed by atoms with E-state index < -0.39 is 17.6 Å². The summed E-state index contributed by atoms with van der Waals surface area (Å²) in [5.41, 5.74) is -0.369. The fourth-order valence-electron chi connectivity index (χ4n) is 4.96. The number of hydrogen-bond donors (Lipinski definition) is 1. The van der Waals surface area contributed by atoms with Gasteiger partial charge < -0.3 is 14.8 Å². The Labute approximate surface area is 186 Å². The molecule has 32 heavy (non-hydrogen) atoms. The minimum Gasteiger partial charge on any atom is -0.473 e. The second-order valence-electron chi connectivity index (χ2n) is 9.06. The maximum absolute atomic E-state index is 14.0. The zero-order chi connectivity index (χ0) is 22.0. The first kappa shape index (κ1) is 20.9. The van der Waals surface area contributed by atoms with Gasteiger partial charge in [-0.25, -0.2) is 9.78 Å². The van der Waals surface area contributed by atoms with Gasteiger partial charge in [-0.15, -0.1) is 10.2 Å². The molecule has 0 atom stereocenters. The van der Waals surface area contributed by atoms with Gasteiger partial charge >= 0.3 is 6.09 Å². The van der Waals surface area contributed by atoms with Crippen molar-refractivity contribution < 1.29 is 18.7 Å². The van der Waals surface area contributed by atoms with Gasteiger partial charge in [-0.1, -0.05) is 0 Å². The van der Waals surface area contributed by atoms with Crippen LogP contribution in [-0.2, 0) is 4.74 Å². The maximum atomic E-state index is 14.0. The zero-order valence-corrected chi connectivity index (χ0v) is 18.0. The zero-order valence-electron chi connectivity index (χ0n) is 18.0. The number of carbonyl (C=O) groups is 1. The standard InChI is InChI=1S/C23H28FN5O3/c24-21-18(6-3-13-25-21)29-15-23(32-22(29)30)11-9-16(10-12-23)14-26-19-7-8-20(28-27-19)31-17-4-1-2-5-17/h3,6-8,13,16-17H,1-2,4-5,9-12,14-15H2,(H,26,27). The third-order valence-corrected chi connectivity index (χ3v) is 6.82. The van der Waals surface area contributed by atoms with Crippen LogP contribution in [-0.4, -0.2) is 46.1 Å². The molecule has 0 bridgehead atoms. The minimum atomic E-state index is -0.653. The summed E-state index contributed by atoms with van der Waals surface area (Å²) in [6.07, 6.45) is 9.11. The number of carbonyl (C=O) groups excluding carboxylic acids is 1. The second-order valence-corrected chi connectivity index (χ2v) is 9.06. The number of ether oxygens (including phenoxy) is 2. The largest absolute Gasteiger partial charge is 0.473 e. The lowest BCUT2D eigenvalue weighted by molar-refractivity contribution is 0.0148. The van der Waals surface area contributed by atoms with Crippen LogP contribution in [0, 0.1) is 11.9 Å². The Morgan fingerprint density at radius 1 is 1.16 bits per heavy atom. The van der Waals surface area contributed by atoms with Crippen LogP contribution in [0.15, 0.2) is 30.5 Å². The molecule has 170 valence electrons. The van der Waals surface area contributed by atoms with Gasteiger partial charge in [0.15, 0.2) is 0 Å². The molecule has 3 heterocycles. The molecule has 2 aliphatic carbocycles. The number of nitrogens with one attached hydrogen (secondary N) is 1. The number of anilines is 2. The van der Waals surface area contributed by atoms with Crippen molar-refractivity contribution in [2.24, 2.45) is 5.92 Å². The molecule has 0 aromatic carbocycles. The van der Waals surface area contributed by atoms with Crippen LogP contribution in [0.4, 0.5) is 20.7 Å². The summed E-state index contributed by atoms with van der Waals surface area (Å²) >= 11 is 0. The van der Waals surface area contributed by atoms with E-state index in [1.807, 2.05) is 12.1 Å². The smallest absolute Gasteiger partial charge is 0.415 e. The summed E-state index contributed by atoms with van der Waals surface area (Å²) < 4.78 is 25.6. The molecule has 5 rings (SSSR count). The molecule has 9 heteroatoms. The topological polar surface area (TPSA) is 89.5 Å². The van der Waals surface area contributed by atoms with Crippen molar-refractivity contribution in [2.45, 2.75) is 63.1 Å². The first-order valence-electron chi connectivity index (χ1n) is 11.5. The lowest BCUT2D eigenvalue weighted by Gasteiger charge is -2.35. The quantitative estimate of drug-likeness (QED) is 0.668. The minimum absolute atomic E-state index is 0.178. The Kier molecular flexibility index (Phi) is 5.80. The van der Waals surface area contributed by atoms with Crippen molar-refractivity contribution in [3.63, 3.8) is 0 Å². The molecule has 3 aliphatic rings. The van der Waals surface area contributed by atoms with Gasteiger partial charge in [-0.3, -0.25) is 4.90 Å². The predicted octanol–water partition coefficient (Wildman–Crippen LogP) is 4.33. The van der Waals surface area contributed by atoms with E-state index in [0.717, 1.165) is 50.9 Å². The SMILES string of the molecule is O=C1OC2(CCC(CNc3ccc(OC4CCCC4)nn3)CC2)CN1c1cccnc1F. The molecular weight excluding hydrogens is 413 g/mol. The molecule has 0 radical (unpaired) electrons. The Morgan fingerprint density at radius 2 is 1.97 bits per heavy atom. The van der Waals surface area contributed by atoms with Crippen LogP contribution in [0.2, 0.25) is 0 Å². The van der Waals surface area contributed by atoms with E-state index in [2.05, 4.69) is 20.5 Å². The number of amides is 1. The summed E-state index contributed by atoms with van der Waals surface area (Å²) in [7, 11) is 0. The first-order valence-corrected chi connectivity index (χ1v) is 11.5. The lowest BCUT2D eigenvalue weighted by atomic mass is 9.78. The fourth-order valence-corrected chi connectivity index (χ4v) is 4.96. The molecule has 1 aliphatic heterocycles. The molecule has 2 aromatic heterocycles. The summed E-state index contributed by atoms with van der Waals surface area (Å²) in [6.45, 7) is 1.14. The highest BCUT2D eigenvalue weighted by molar-refractivity contribution is 5.90. The van der Waals surface area contributed by atoms with E-state index in [-0.39, 0.29) is 11.8 Å². The first-order chi connectivity index (χ1) is 15.6. The van der Waals surface area contributed by atoms with E-state index >= 15 is 0 Å². The van der Waals surface area contributed by atoms with Crippen LogP contribution in [0.25, 0.3) is 0 Å². The third-order valence-electron chi connectivity index (χ3n) is 6.82. The average molecular weight is 442 g/mol. The molecule has 0 unspecified atom stereocenters. The molecule has 8 nitrogen and oxygen atoms in total. The van der Waals surface area contributed by atoms with E-state index in [1.54, 1.807) is 12.1 Å². The number of nitrogens with zero attached hydrogens (tertiary/aromatic N) is 4. The van der Waals surface area contributed by atoms with E-state index in [9.17, 15) is 9.18 Å². The van der Waals surface area contributed by atoms with Crippen molar-refractivity contribution in [2.75, 3.05) is 23.3 Å². The molecular formula is C23H28FN5O3. The Bertz CT molecular complexity index is 943. The van der Waals surface area contributed by atoms with Crippen LogP contribution in [0.3, 0.4) is 0 Å². The third kappa shape index (κ3) is 4.47. The monoisotopic (exact) mass is 441 g/mol. The van der Waals surface area contributed by atoms with Crippen LogP contribution < -0.4 is 15.0 Å². The van der Waals surface area contributed by atoms with Gasteiger partial charge in [0.2, 0.25) is 11.8 Å². The number of aromatic nitrogens is 3. The van der Waals surface area contributed by atoms with Gasteiger partial charge in [0.1, 0.15) is 23.2 Å². The van der Waals surface area contributed by atoms with Gasteiger partial charge in [0.25, 0.3) is 0 Å². The number of hydrogen-bond acceptors (Lipinski definition) is 7. The molecule has 2 saturated carbocycles. The van der Waals surface area contributed by atoms with Crippen molar-refractivity contribution in [1.82, 2.24) is 15.2 Å². The summed E-state index contributed by atoms with van der Waals surface area (Å²) in [5.74, 6) is 1.11. The van der Waals surface area contributed by atoms with Crippen LogP contribution >= 0.6 is 0 Å². The van der Waals surface area contributed by atoms with Gasteiger partial charge in [0, 0.05) is 18.8 Å². The molecule has 1 N–H and O–H groups in total. The van der Waals surface area contributed by atoms with Gasteiger partial charge in [0.05, 0.1) is 6.54 Å². The maximum Gasteiger partial charge on any atom is 0.415 e. The molecule has 3 fully saturated rings. The highest BCUT2D eigenvalue weighted by Crippen LogP contribution is 2.41. The number of rotatable bonds is 6. The van der Waals surface area contributed by atoms with Gasteiger partial charge in [-0.05, 0) is 75.5 Å². The molecule has 1 spiro atoms. The van der Waals surface area contributed by atoms with Crippen LogP contribution in [0.5, 0.6) is 5.88 Å². The predicted molar refractivity (Wildman–Crippen MR) is 116 cm³/mol. The van der Waals surface area contributed by atoms with Crippen molar-refractivity contribution >= 4 is 17.6 Å². The Balaban J connectivity index is 1.10. The number of halogens is 1. The summed E-state index contributed by atoms with van der Waals surface area (Å²) in [4.78, 5) is 17.4. The van der Waals surface area contributed by atoms with Crippen LogP contribution in [0.1, 0.15) is 51.4 Å². The number of pyridine rings is 1. The van der Waals surface area contributed by atoms with Crippen molar-refractivity contribution in [3.05, 3.63) is 36.4 Å². The lowest BCUT2D eigenvalue weighted by Crippen LogP contribution is -2.39. The normalized spacial score (nSPS) is 25.8. The van der Waals surface area contributed by atoms with E-state index in [4.69, 9.17) is 9.47 Å². The van der Waals surface area contributed by atoms with Gasteiger partial charge in [-0.2, -0.15) is 4.39 Å². The molecule has 1 saturated heterocycles.